The van der Waals surface area contributed by atoms with E-state index in [1.807, 2.05) is 6.07 Å². The largest absolute Gasteiger partial charge is 0.494 e. The Labute approximate surface area is 168 Å². The maximum atomic E-state index is 11.7. The van der Waals surface area contributed by atoms with Crippen molar-refractivity contribution in [1.29, 1.82) is 0 Å². The maximum absolute atomic E-state index is 11.7. The van der Waals surface area contributed by atoms with Crippen LogP contribution in [0.15, 0.2) is 24.3 Å². The first-order chi connectivity index (χ1) is 12.7. The SMILES string of the molecule is CC(C)(C)C12CN(C(=O)O)C[C@@]1(c1cccc(B3OC(C)(C)C(C)(C)O3)c1)C2. The van der Waals surface area contributed by atoms with Crippen molar-refractivity contribution >= 4 is 18.7 Å². The number of amides is 1. The average molecular weight is 385 g/mol. The lowest BCUT2D eigenvalue weighted by molar-refractivity contribution is 0.00578. The molecule has 2 saturated heterocycles. The van der Waals surface area contributed by atoms with E-state index in [4.69, 9.17) is 9.31 Å². The second-order valence-corrected chi connectivity index (χ2v) is 10.9. The molecule has 2 heterocycles. The van der Waals surface area contributed by atoms with Gasteiger partial charge in [0, 0.05) is 23.9 Å². The second-order valence-electron chi connectivity index (χ2n) is 10.9. The summed E-state index contributed by atoms with van der Waals surface area (Å²) in [6, 6.07) is 8.43. The predicted octanol–water partition coefficient (Wildman–Crippen LogP) is 3.65. The van der Waals surface area contributed by atoms with Gasteiger partial charge < -0.3 is 19.3 Å². The molecular formula is C22H32BNO4. The van der Waals surface area contributed by atoms with Gasteiger partial charge in [-0.1, -0.05) is 45.0 Å². The fraction of sp³-hybridized carbons (Fsp3) is 0.682. The number of benzene rings is 1. The quantitative estimate of drug-likeness (QED) is 0.790. The van der Waals surface area contributed by atoms with E-state index in [0.29, 0.717) is 13.1 Å². The average Bonchev–Trinajstić information content (AvgIpc) is 3.02. The highest BCUT2D eigenvalue weighted by Crippen LogP contribution is 2.75. The van der Waals surface area contributed by atoms with Crippen LogP contribution in [0.25, 0.3) is 0 Å². The van der Waals surface area contributed by atoms with E-state index in [2.05, 4.69) is 66.7 Å². The van der Waals surface area contributed by atoms with Gasteiger partial charge in [-0.15, -0.1) is 0 Å². The molecule has 1 amide bonds. The monoisotopic (exact) mass is 385 g/mol. The molecule has 3 fully saturated rings. The van der Waals surface area contributed by atoms with Gasteiger partial charge >= 0.3 is 13.2 Å². The number of piperidine rings is 1. The zero-order chi connectivity index (χ0) is 20.8. The summed E-state index contributed by atoms with van der Waals surface area (Å²) in [4.78, 5) is 13.3. The van der Waals surface area contributed by atoms with Crippen molar-refractivity contribution < 1.29 is 19.2 Å². The number of nitrogens with zero attached hydrogens (tertiary/aromatic N) is 1. The van der Waals surface area contributed by atoms with E-state index in [1.165, 1.54) is 5.56 Å². The minimum atomic E-state index is -0.822. The van der Waals surface area contributed by atoms with Crippen molar-refractivity contribution in [3.05, 3.63) is 29.8 Å². The highest BCUT2D eigenvalue weighted by Gasteiger charge is 2.77. The molecule has 1 unspecified atom stereocenters. The normalized spacial score (nSPS) is 33.1. The lowest BCUT2D eigenvalue weighted by Crippen LogP contribution is -2.41. The van der Waals surface area contributed by atoms with Gasteiger partial charge in [0.2, 0.25) is 0 Å². The molecule has 6 heteroatoms. The standard InChI is InChI=1S/C22H32BNO4/c1-18(2,3)22-12-21(22,13-24(14-22)17(25)26)15-9-8-10-16(11-15)23-27-19(4,5)20(6,7)28-23/h8-11H,12-14H2,1-7H3,(H,25,26)/t21-,22?/m1/s1. The molecule has 5 nitrogen and oxygen atoms in total. The summed E-state index contributed by atoms with van der Waals surface area (Å²) in [5.74, 6) is 0. The number of hydrogen-bond donors (Lipinski definition) is 1. The molecule has 2 atom stereocenters. The number of likely N-dealkylation sites (tertiary alicyclic amines) is 1. The molecule has 28 heavy (non-hydrogen) atoms. The third-order valence-electron chi connectivity index (χ3n) is 7.99. The van der Waals surface area contributed by atoms with Crippen LogP contribution in [0.5, 0.6) is 0 Å². The number of carboxylic acid groups (broad SMARTS) is 1. The van der Waals surface area contributed by atoms with E-state index < -0.39 is 13.2 Å². The van der Waals surface area contributed by atoms with Crippen LogP contribution >= 0.6 is 0 Å². The van der Waals surface area contributed by atoms with Crippen molar-refractivity contribution in [2.45, 2.75) is 71.5 Å². The smallest absolute Gasteiger partial charge is 0.465 e. The summed E-state index contributed by atoms with van der Waals surface area (Å²) in [6.45, 7) is 16.1. The lowest BCUT2D eigenvalue weighted by atomic mass is 9.70. The summed E-state index contributed by atoms with van der Waals surface area (Å²) < 4.78 is 12.5. The van der Waals surface area contributed by atoms with Crippen molar-refractivity contribution in [1.82, 2.24) is 4.90 Å². The molecule has 152 valence electrons. The Bertz CT molecular complexity index is 814. The fourth-order valence-electron chi connectivity index (χ4n) is 5.38. The van der Waals surface area contributed by atoms with Crippen molar-refractivity contribution in [3.63, 3.8) is 0 Å². The Morgan fingerprint density at radius 3 is 2.25 bits per heavy atom. The van der Waals surface area contributed by atoms with Crippen molar-refractivity contribution in [2.75, 3.05) is 13.1 Å². The molecule has 3 aliphatic rings. The molecule has 0 spiro atoms. The number of carbonyl (C=O) groups is 1. The molecular weight excluding hydrogens is 353 g/mol. The molecule has 1 aromatic carbocycles. The number of rotatable bonds is 2. The second kappa shape index (κ2) is 5.54. The lowest BCUT2D eigenvalue weighted by Gasteiger charge is -2.32. The van der Waals surface area contributed by atoms with Crippen LogP contribution < -0.4 is 5.46 Å². The molecule has 0 aromatic heterocycles. The Kier molecular flexibility index (Phi) is 3.91. The first-order valence-corrected chi connectivity index (χ1v) is 10.2. The Morgan fingerprint density at radius 1 is 1.11 bits per heavy atom. The molecule has 1 N–H and O–H groups in total. The van der Waals surface area contributed by atoms with Crippen LogP contribution in [0.1, 0.15) is 60.5 Å². The molecule has 1 aromatic rings. The number of fused-ring (bicyclic) bond motifs is 1. The van der Waals surface area contributed by atoms with Crippen molar-refractivity contribution in [3.8, 4) is 0 Å². The molecule has 0 radical (unpaired) electrons. The Morgan fingerprint density at radius 2 is 1.71 bits per heavy atom. The van der Waals surface area contributed by atoms with Gasteiger partial charge in [-0.05, 0) is 50.6 Å². The van der Waals surface area contributed by atoms with E-state index >= 15 is 0 Å². The summed E-state index contributed by atoms with van der Waals surface area (Å²) in [5.41, 5.74) is 1.34. The van der Waals surface area contributed by atoms with Crippen molar-refractivity contribution in [2.24, 2.45) is 10.8 Å². The van der Waals surface area contributed by atoms with E-state index in [0.717, 1.165) is 11.9 Å². The topological polar surface area (TPSA) is 59.0 Å². The van der Waals surface area contributed by atoms with Gasteiger partial charge in [-0.25, -0.2) is 4.79 Å². The summed E-state index contributed by atoms with van der Waals surface area (Å²) in [5, 5.41) is 9.62. The van der Waals surface area contributed by atoms with Gasteiger partial charge in [-0.2, -0.15) is 0 Å². The van der Waals surface area contributed by atoms with Crippen LogP contribution in [-0.4, -0.2) is 47.5 Å². The minimum Gasteiger partial charge on any atom is -0.465 e. The Balaban J connectivity index is 1.70. The van der Waals surface area contributed by atoms with Gasteiger partial charge in [0.15, 0.2) is 0 Å². The molecule has 1 saturated carbocycles. The molecule has 2 aliphatic heterocycles. The van der Waals surface area contributed by atoms with E-state index in [9.17, 15) is 9.90 Å². The van der Waals surface area contributed by atoms with Crippen LogP contribution in [0, 0.1) is 10.8 Å². The molecule has 4 rings (SSSR count). The Hall–Kier alpha value is -1.53. The van der Waals surface area contributed by atoms with Crippen LogP contribution in [0.3, 0.4) is 0 Å². The molecule has 1 aliphatic carbocycles. The van der Waals surface area contributed by atoms with Gasteiger partial charge in [0.05, 0.1) is 11.2 Å². The predicted molar refractivity (Wildman–Crippen MR) is 110 cm³/mol. The number of hydrogen-bond acceptors (Lipinski definition) is 3. The molecule has 0 bridgehead atoms. The highest BCUT2D eigenvalue weighted by molar-refractivity contribution is 6.62. The third-order valence-corrected chi connectivity index (χ3v) is 7.99. The zero-order valence-electron chi connectivity index (χ0n) is 18.1. The maximum Gasteiger partial charge on any atom is 0.494 e. The first kappa shape index (κ1) is 19.8. The third kappa shape index (κ3) is 2.50. The summed E-state index contributed by atoms with van der Waals surface area (Å²) >= 11 is 0. The summed E-state index contributed by atoms with van der Waals surface area (Å²) in [6.07, 6.45) is 0.206. The van der Waals surface area contributed by atoms with E-state index in [1.54, 1.807) is 4.90 Å². The van der Waals surface area contributed by atoms with Gasteiger partial charge in [0.25, 0.3) is 0 Å². The zero-order valence-corrected chi connectivity index (χ0v) is 18.1. The van der Waals surface area contributed by atoms with Crippen LogP contribution in [-0.2, 0) is 14.7 Å². The highest BCUT2D eigenvalue weighted by atomic mass is 16.7. The van der Waals surface area contributed by atoms with Crippen LogP contribution in [0.4, 0.5) is 4.79 Å². The summed E-state index contributed by atoms with van der Waals surface area (Å²) in [7, 11) is -0.402. The van der Waals surface area contributed by atoms with Crippen LogP contribution in [0.2, 0.25) is 0 Å². The van der Waals surface area contributed by atoms with E-state index in [-0.39, 0.29) is 27.4 Å². The van der Waals surface area contributed by atoms with Gasteiger partial charge in [-0.3, -0.25) is 0 Å². The van der Waals surface area contributed by atoms with Gasteiger partial charge in [0.1, 0.15) is 0 Å². The minimum absolute atomic E-state index is 0.0209. The first-order valence-electron chi connectivity index (χ1n) is 10.2. The fourth-order valence-corrected chi connectivity index (χ4v) is 5.38.